The van der Waals surface area contributed by atoms with E-state index in [4.69, 9.17) is 4.74 Å². The van der Waals surface area contributed by atoms with E-state index in [2.05, 4.69) is 0 Å². The summed E-state index contributed by atoms with van der Waals surface area (Å²) < 4.78 is 5.19. The predicted molar refractivity (Wildman–Crippen MR) is 34.3 cm³/mol. The Labute approximate surface area is 55.2 Å². The highest BCUT2D eigenvalue weighted by Crippen LogP contribution is 2.42. The van der Waals surface area contributed by atoms with Crippen molar-refractivity contribution in [3.63, 3.8) is 0 Å². The molecule has 0 saturated heterocycles. The number of hydrogen-bond donors (Lipinski definition) is 0. The highest BCUT2D eigenvalue weighted by Gasteiger charge is 2.41. The Bertz CT molecular complexity index is 105. The van der Waals surface area contributed by atoms with Crippen LogP contribution < -0.4 is 0 Å². The van der Waals surface area contributed by atoms with Gasteiger partial charge in [0.15, 0.2) is 0 Å². The Balaban J connectivity index is 2.17. The molecule has 9 heavy (non-hydrogen) atoms. The van der Waals surface area contributed by atoms with Crippen LogP contribution in [0.2, 0.25) is 0 Å². The minimum absolute atomic E-state index is 0.112. The zero-order valence-electron chi connectivity index (χ0n) is 5.72. The Morgan fingerprint density at radius 3 is 2.67 bits per heavy atom. The van der Waals surface area contributed by atoms with Gasteiger partial charge in [0.05, 0.1) is 5.60 Å². The lowest BCUT2D eigenvalue weighted by molar-refractivity contribution is -0.108. The first-order valence-corrected chi connectivity index (χ1v) is 3.32. The van der Waals surface area contributed by atoms with E-state index in [9.17, 15) is 4.79 Å². The zero-order chi connectivity index (χ0) is 6.74. The topological polar surface area (TPSA) is 26.3 Å². The summed E-state index contributed by atoms with van der Waals surface area (Å²) >= 11 is 0. The van der Waals surface area contributed by atoms with E-state index >= 15 is 0 Å². The molecule has 1 fully saturated rings. The van der Waals surface area contributed by atoms with Gasteiger partial charge in [0, 0.05) is 13.5 Å². The second-order valence-electron chi connectivity index (χ2n) is 2.59. The van der Waals surface area contributed by atoms with E-state index in [0.29, 0.717) is 6.42 Å². The fraction of sp³-hybridized carbons (Fsp3) is 0.857. The number of carbonyl (C=O) groups is 1. The summed E-state index contributed by atoms with van der Waals surface area (Å²) in [6, 6.07) is 0. The average molecular weight is 128 g/mol. The number of methoxy groups -OCH3 is 1. The minimum atomic E-state index is 0.112. The van der Waals surface area contributed by atoms with Crippen molar-refractivity contribution >= 4 is 6.29 Å². The standard InChI is InChI=1S/C7H12O2/c1-9-7(4-5-7)3-2-6-8/h6H,2-5H2,1H3. The van der Waals surface area contributed by atoms with Crippen molar-refractivity contribution in [2.75, 3.05) is 7.11 Å². The number of hydrogen-bond acceptors (Lipinski definition) is 2. The summed E-state index contributed by atoms with van der Waals surface area (Å²) in [6.45, 7) is 0. The van der Waals surface area contributed by atoms with Crippen LogP contribution in [0.15, 0.2) is 0 Å². The van der Waals surface area contributed by atoms with Crippen molar-refractivity contribution in [3.05, 3.63) is 0 Å². The van der Waals surface area contributed by atoms with Crippen LogP contribution in [-0.2, 0) is 9.53 Å². The van der Waals surface area contributed by atoms with Crippen molar-refractivity contribution in [2.45, 2.75) is 31.3 Å². The lowest BCUT2D eigenvalue weighted by Crippen LogP contribution is -2.10. The average Bonchev–Trinajstić information content (AvgIpc) is 2.65. The van der Waals surface area contributed by atoms with Crippen LogP contribution in [0.25, 0.3) is 0 Å². The first kappa shape index (κ1) is 6.75. The van der Waals surface area contributed by atoms with E-state index in [1.54, 1.807) is 7.11 Å². The van der Waals surface area contributed by atoms with Crippen molar-refractivity contribution in [3.8, 4) is 0 Å². The van der Waals surface area contributed by atoms with Gasteiger partial charge in [-0.15, -0.1) is 0 Å². The van der Waals surface area contributed by atoms with Gasteiger partial charge in [-0.05, 0) is 19.3 Å². The Kier molecular flexibility index (Phi) is 1.86. The molecular weight excluding hydrogens is 116 g/mol. The van der Waals surface area contributed by atoms with Gasteiger partial charge >= 0.3 is 0 Å². The summed E-state index contributed by atoms with van der Waals surface area (Å²) in [6.07, 6.45) is 4.79. The molecule has 1 rings (SSSR count). The molecule has 0 amide bonds. The maximum Gasteiger partial charge on any atom is 0.120 e. The molecule has 0 heterocycles. The number of aldehydes is 1. The lowest BCUT2D eigenvalue weighted by atomic mass is 10.2. The molecule has 1 aliphatic carbocycles. The summed E-state index contributed by atoms with van der Waals surface area (Å²) in [4.78, 5) is 9.94. The van der Waals surface area contributed by atoms with Gasteiger partial charge < -0.3 is 9.53 Å². The monoisotopic (exact) mass is 128 g/mol. The van der Waals surface area contributed by atoms with Gasteiger partial charge in [0.2, 0.25) is 0 Å². The zero-order valence-corrected chi connectivity index (χ0v) is 5.72. The maximum absolute atomic E-state index is 9.94. The van der Waals surface area contributed by atoms with Crippen LogP contribution in [0.4, 0.5) is 0 Å². The smallest absolute Gasteiger partial charge is 0.120 e. The quantitative estimate of drug-likeness (QED) is 0.531. The summed E-state index contributed by atoms with van der Waals surface area (Å²) in [5.74, 6) is 0. The first-order chi connectivity index (χ1) is 4.33. The molecule has 0 aromatic rings. The Hall–Kier alpha value is -0.370. The van der Waals surface area contributed by atoms with Crippen LogP contribution in [0, 0.1) is 0 Å². The van der Waals surface area contributed by atoms with Gasteiger partial charge in [-0.25, -0.2) is 0 Å². The van der Waals surface area contributed by atoms with Gasteiger partial charge in [-0.2, -0.15) is 0 Å². The third kappa shape index (κ3) is 1.52. The first-order valence-electron chi connectivity index (χ1n) is 3.32. The molecule has 0 N–H and O–H groups in total. The third-order valence-corrected chi connectivity index (χ3v) is 1.96. The molecule has 0 aliphatic heterocycles. The normalized spacial score (nSPS) is 21.4. The van der Waals surface area contributed by atoms with E-state index in [0.717, 1.165) is 25.5 Å². The molecule has 52 valence electrons. The molecule has 0 atom stereocenters. The lowest BCUT2D eigenvalue weighted by Gasteiger charge is -2.09. The molecule has 0 aromatic carbocycles. The third-order valence-electron chi connectivity index (χ3n) is 1.96. The van der Waals surface area contributed by atoms with E-state index < -0.39 is 0 Å². The van der Waals surface area contributed by atoms with Gasteiger partial charge in [0.1, 0.15) is 6.29 Å². The minimum Gasteiger partial charge on any atom is -0.378 e. The van der Waals surface area contributed by atoms with Gasteiger partial charge in [0.25, 0.3) is 0 Å². The van der Waals surface area contributed by atoms with Crippen molar-refractivity contribution < 1.29 is 9.53 Å². The van der Waals surface area contributed by atoms with Crippen LogP contribution in [0.1, 0.15) is 25.7 Å². The molecule has 2 nitrogen and oxygen atoms in total. The highest BCUT2D eigenvalue weighted by atomic mass is 16.5. The van der Waals surface area contributed by atoms with Crippen LogP contribution in [0.5, 0.6) is 0 Å². The SMILES string of the molecule is COC1(CCC=O)CC1. The number of carbonyl (C=O) groups excluding carboxylic acids is 1. The molecule has 0 unspecified atom stereocenters. The van der Waals surface area contributed by atoms with E-state index in [1.165, 1.54) is 0 Å². The molecule has 0 bridgehead atoms. The van der Waals surface area contributed by atoms with Gasteiger partial charge in [-0.1, -0.05) is 0 Å². The molecule has 0 spiro atoms. The van der Waals surface area contributed by atoms with Crippen molar-refractivity contribution in [2.24, 2.45) is 0 Å². The fourth-order valence-corrected chi connectivity index (χ4v) is 1.02. The van der Waals surface area contributed by atoms with Crippen molar-refractivity contribution in [1.82, 2.24) is 0 Å². The molecule has 1 saturated carbocycles. The molecule has 1 aliphatic rings. The predicted octanol–water partition coefficient (Wildman–Crippen LogP) is 1.14. The second-order valence-corrected chi connectivity index (χ2v) is 2.59. The molecule has 0 radical (unpaired) electrons. The maximum atomic E-state index is 9.94. The molecular formula is C7H12O2. The van der Waals surface area contributed by atoms with E-state index in [-0.39, 0.29) is 5.60 Å². The highest BCUT2D eigenvalue weighted by molar-refractivity contribution is 5.49. The fourth-order valence-electron chi connectivity index (χ4n) is 1.02. The number of ether oxygens (including phenoxy) is 1. The molecule has 0 aromatic heterocycles. The van der Waals surface area contributed by atoms with Gasteiger partial charge in [-0.3, -0.25) is 0 Å². The number of rotatable bonds is 4. The van der Waals surface area contributed by atoms with Crippen LogP contribution in [-0.4, -0.2) is 19.0 Å². The Morgan fingerprint density at radius 2 is 2.33 bits per heavy atom. The summed E-state index contributed by atoms with van der Waals surface area (Å²) in [5.41, 5.74) is 0.112. The summed E-state index contributed by atoms with van der Waals surface area (Å²) in [5, 5.41) is 0. The molecule has 2 heteroatoms. The second kappa shape index (κ2) is 2.48. The van der Waals surface area contributed by atoms with Crippen LogP contribution >= 0.6 is 0 Å². The van der Waals surface area contributed by atoms with Crippen molar-refractivity contribution in [1.29, 1.82) is 0 Å². The Morgan fingerprint density at radius 1 is 1.67 bits per heavy atom. The van der Waals surface area contributed by atoms with Crippen LogP contribution in [0.3, 0.4) is 0 Å². The largest absolute Gasteiger partial charge is 0.378 e. The van der Waals surface area contributed by atoms with E-state index in [1.807, 2.05) is 0 Å². The summed E-state index contributed by atoms with van der Waals surface area (Å²) in [7, 11) is 1.72.